The highest BCUT2D eigenvalue weighted by molar-refractivity contribution is 6.41. The molecule has 2 aromatic rings. The largest absolute Gasteiger partial charge is 0.493 e. The molecule has 2 aromatic carbocycles. The third-order valence-electron chi connectivity index (χ3n) is 4.56. The van der Waals surface area contributed by atoms with E-state index in [1.165, 1.54) is 5.56 Å². The smallest absolute Gasteiger partial charge is 0.130 e. The molecule has 23 heavy (non-hydrogen) atoms. The van der Waals surface area contributed by atoms with E-state index in [4.69, 9.17) is 10.5 Å². The molecule has 0 unspecified atom stereocenters. The van der Waals surface area contributed by atoms with Gasteiger partial charge in [-0.25, -0.2) is 0 Å². The van der Waals surface area contributed by atoms with E-state index >= 15 is 0 Å². The Hall–Kier alpha value is -2.34. The van der Waals surface area contributed by atoms with Crippen molar-refractivity contribution in [2.75, 3.05) is 12.3 Å². The van der Waals surface area contributed by atoms with Crippen LogP contribution in [0.1, 0.15) is 36.5 Å². The molecule has 0 aliphatic carbocycles. The van der Waals surface area contributed by atoms with E-state index in [1.807, 2.05) is 6.07 Å². The van der Waals surface area contributed by atoms with Crippen molar-refractivity contribution < 1.29 is 4.74 Å². The summed E-state index contributed by atoms with van der Waals surface area (Å²) >= 11 is 0. The van der Waals surface area contributed by atoms with Crippen LogP contribution in [0.4, 0.5) is 5.69 Å². The number of nitrogen functional groups attached to an aromatic ring is 1. The monoisotopic (exact) mass is 302 g/mol. The van der Waals surface area contributed by atoms with E-state index in [9.17, 15) is 5.26 Å². The second-order valence-corrected chi connectivity index (χ2v) is 7.15. The highest BCUT2D eigenvalue weighted by atomic mass is 16.5. The maximum Gasteiger partial charge on any atom is 0.130 e. The van der Waals surface area contributed by atoms with E-state index in [1.54, 1.807) is 0 Å². The molecule has 1 aliphatic heterocycles. The van der Waals surface area contributed by atoms with Gasteiger partial charge in [0.2, 0.25) is 0 Å². The molecular weight excluding hydrogens is 282 g/mol. The van der Waals surface area contributed by atoms with Crippen LogP contribution in [-0.2, 0) is 5.21 Å². The molecule has 0 radical (unpaired) electrons. The third-order valence-corrected chi connectivity index (χ3v) is 4.56. The summed E-state index contributed by atoms with van der Waals surface area (Å²) in [6.07, 6.45) is 0. The zero-order valence-corrected chi connectivity index (χ0v) is 14.1. The van der Waals surface area contributed by atoms with E-state index in [-0.39, 0.29) is 5.21 Å². The van der Waals surface area contributed by atoms with E-state index in [0.717, 1.165) is 22.4 Å². The third kappa shape index (κ3) is 2.49. The van der Waals surface area contributed by atoms with Crippen molar-refractivity contribution in [1.82, 2.24) is 0 Å². The highest BCUT2D eigenvalue weighted by Gasteiger charge is 2.37. The maximum atomic E-state index is 9.49. The molecule has 0 amide bonds. The van der Waals surface area contributed by atoms with Crippen molar-refractivity contribution in [1.29, 1.82) is 5.26 Å². The minimum atomic E-state index is -0.206. The molecule has 0 bridgehead atoms. The van der Waals surface area contributed by atoms with Crippen molar-refractivity contribution in [3.63, 3.8) is 0 Å². The molecule has 1 heterocycles. The van der Waals surface area contributed by atoms with Crippen LogP contribution in [0.15, 0.2) is 30.3 Å². The standard InChI is InChI=1S/C18H20B2N2O/c1-10(2)11-3-5-12(6-4-11)13-7-15(22)14(8-21)16-17(13)23-9-18(16,19)20/h3-7,10H,9,19-20,22H2,1-2H3. The first-order valence-corrected chi connectivity index (χ1v) is 7.95. The first kappa shape index (κ1) is 15.6. The lowest BCUT2D eigenvalue weighted by Crippen LogP contribution is -2.29. The van der Waals surface area contributed by atoms with Gasteiger partial charge in [0.25, 0.3) is 0 Å². The van der Waals surface area contributed by atoms with Gasteiger partial charge in [-0.2, -0.15) is 5.26 Å². The Morgan fingerprint density at radius 2 is 1.91 bits per heavy atom. The fraction of sp³-hybridized carbons (Fsp3) is 0.278. The minimum absolute atomic E-state index is 0.206. The number of nitrogens with zero attached hydrogens (tertiary/aromatic N) is 1. The number of nitriles is 1. The minimum Gasteiger partial charge on any atom is -0.493 e. The summed E-state index contributed by atoms with van der Waals surface area (Å²) in [4.78, 5) is 0. The predicted molar refractivity (Wildman–Crippen MR) is 99.4 cm³/mol. The number of rotatable bonds is 2. The zero-order valence-electron chi connectivity index (χ0n) is 14.1. The summed E-state index contributed by atoms with van der Waals surface area (Å²) in [5, 5.41) is 9.28. The molecule has 0 aromatic heterocycles. The number of nitrogens with two attached hydrogens (primary N) is 1. The molecule has 1 aliphatic rings. The lowest BCUT2D eigenvalue weighted by Gasteiger charge is -2.18. The van der Waals surface area contributed by atoms with Gasteiger partial charge in [0.1, 0.15) is 27.5 Å². The molecule has 0 spiro atoms. The normalized spacial score (nSPS) is 15.0. The van der Waals surface area contributed by atoms with Gasteiger partial charge >= 0.3 is 0 Å². The molecule has 0 saturated heterocycles. The first-order valence-electron chi connectivity index (χ1n) is 7.95. The van der Waals surface area contributed by atoms with Gasteiger partial charge < -0.3 is 10.5 Å². The van der Waals surface area contributed by atoms with Crippen LogP contribution in [-0.4, -0.2) is 22.3 Å². The summed E-state index contributed by atoms with van der Waals surface area (Å²) in [6.45, 7) is 4.92. The Bertz CT molecular complexity index is 805. The van der Waals surface area contributed by atoms with Gasteiger partial charge in [-0.1, -0.05) is 38.1 Å². The Morgan fingerprint density at radius 1 is 1.26 bits per heavy atom. The Kier molecular flexibility index (Phi) is 3.64. The molecular formula is C18H20B2N2O. The van der Waals surface area contributed by atoms with Gasteiger partial charge in [-0.05, 0) is 28.3 Å². The fourth-order valence-electron chi connectivity index (χ4n) is 3.19. The lowest BCUT2D eigenvalue weighted by atomic mass is 9.51. The van der Waals surface area contributed by atoms with Crippen LogP contribution < -0.4 is 10.5 Å². The van der Waals surface area contributed by atoms with Crippen LogP contribution in [0.3, 0.4) is 0 Å². The van der Waals surface area contributed by atoms with Gasteiger partial charge in [-0.3, -0.25) is 0 Å². The van der Waals surface area contributed by atoms with Crippen molar-refractivity contribution in [2.45, 2.75) is 25.0 Å². The molecule has 0 fully saturated rings. The molecule has 5 heteroatoms. The van der Waals surface area contributed by atoms with Gasteiger partial charge in [0.05, 0.1) is 17.9 Å². The molecule has 2 N–H and O–H groups in total. The van der Waals surface area contributed by atoms with Gasteiger partial charge in [0.15, 0.2) is 0 Å². The van der Waals surface area contributed by atoms with Crippen molar-refractivity contribution in [3.05, 3.63) is 47.0 Å². The topological polar surface area (TPSA) is 59.0 Å². The predicted octanol–water partition coefficient (Wildman–Crippen LogP) is 1.74. The van der Waals surface area contributed by atoms with Crippen LogP contribution in [0.25, 0.3) is 11.1 Å². The summed E-state index contributed by atoms with van der Waals surface area (Å²) in [7, 11) is 4.18. The summed E-state index contributed by atoms with van der Waals surface area (Å²) in [5.41, 5.74) is 11.5. The average molecular weight is 302 g/mol. The average Bonchev–Trinajstić information content (AvgIpc) is 2.83. The molecule has 3 rings (SSSR count). The molecule has 0 atom stereocenters. The second kappa shape index (κ2) is 5.38. The maximum absolute atomic E-state index is 9.49. The lowest BCUT2D eigenvalue weighted by molar-refractivity contribution is 0.344. The summed E-state index contributed by atoms with van der Waals surface area (Å²) in [5.74, 6) is 1.30. The van der Waals surface area contributed by atoms with Gasteiger partial charge in [-0.15, -0.1) is 0 Å². The SMILES string of the molecule is BC1(B)COc2c(-c3ccc(C(C)C)cc3)cc(N)c(C#N)c21. The van der Waals surface area contributed by atoms with Gasteiger partial charge in [0, 0.05) is 11.1 Å². The molecule has 3 nitrogen and oxygen atoms in total. The van der Waals surface area contributed by atoms with E-state index < -0.39 is 0 Å². The van der Waals surface area contributed by atoms with Crippen LogP contribution >= 0.6 is 0 Å². The van der Waals surface area contributed by atoms with E-state index in [2.05, 4.69) is 59.9 Å². The number of hydrogen-bond acceptors (Lipinski definition) is 3. The number of hydrogen-bond donors (Lipinski definition) is 1. The van der Waals surface area contributed by atoms with Crippen LogP contribution in [0.5, 0.6) is 5.75 Å². The second-order valence-electron chi connectivity index (χ2n) is 7.15. The molecule has 114 valence electrons. The molecule has 0 saturated carbocycles. The quantitative estimate of drug-likeness (QED) is 0.679. The Morgan fingerprint density at radius 3 is 2.48 bits per heavy atom. The summed E-state index contributed by atoms with van der Waals surface area (Å²) < 4.78 is 5.97. The Balaban J connectivity index is 2.21. The highest BCUT2D eigenvalue weighted by Crippen LogP contribution is 2.46. The van der Waals surface area contributed by atoms with E-state index in [0.29, 0.717) is 23.8 Å². The van der Waals surface area contributed by atoms with Crippen LogP contribution in [0, 0.1) is 11.3 Å². The number of anilines is 1. The zero-order chi connectivity index (χ0) is 16.8. The number of ether oxygens (including phenoxy) is 1. The van der Waals surface area contributed by atoms with Crippen molar-refractivity contribution in [3.8, 4) is 22.9 Å². The fourth-order valence-corrected chi connectivity index (χ4v) is 3.19. The van der Waals surface area contributed by atoms with Crippen molar-refractivity contribution >= 4 is 21.4 Å². The number of benzene rings is 2. The van der Waals surface area contributed by atoms with Crippen LogP contribution in [0.2, 0.25) is 0 Å². The Labute approximate surface area is 139 Å². The van der Waals surface area contributed by atoms with Crippen molar-refractivity contribution in [2.24, 2.45) is 0 Å². The summed E-state index contributed by atoms with van der Waals surface area (Å²) in [6, 6.07) is 12.6. The first-order chi connectivity index (χ1) is 10.8. The number of fused-ring (bicyclic) bond motifs is 1.